The minimum absolute atomic E-state index is 0.146. The van der Waals surface area contributed by atoms with E-state index in [2.05, 4.69) is 37.9 Å². The van der Waals surface area contributed by atoms with E-state index in [1.165, 1.54) is 57.2 Å². The second-order valence-corrected chi connectivity index (χ2v) is 8.12. The number of unbranched alkanes of at least 4 members (excludes halogenated alkanes) is 1. The van der Waals surface area contributed by atoms with Crippen molar-refractivity contribution in [3.8, 4) is 0 Å². The van der Waals surface area contributed by atoms with Gasteiger partial charge >= 0.3 is 0 Å². The van der Waals surface area contributed by atoms with Gasteiger partial charge in [-0.15, -0.1) is 0 Å². The fourth-order valence-electron chi connectivity index (χ4n) is 4.11. The first kappa shape index (κ1) is 20.3. The van der Waals surface area contributed by atoms with E-state index >= 15 is 0 Å². The van der Waals surface area contributed by atoms with Crippen molar-refractivity contribution < 1.29 is 4.79 Å². The lowest BCUT2D eigenvalue weighted by Crippen LogP contribution is -2.34. The Labute approximate surface area is 164 Å². The molecule has 1 aromatic heterocycles. The molecule has 6 nitrogen and oxygen atoms in total. The van der Waals surface area contributed by atoms with Gasteiger partial charge in [0.25, 0.3) is 0 Å². The molecule has 0 aliphatic carbocycles. The highest BCUT2D eigenvalue weighted by Gasteiger charge is 2.18. The summed E-state index contributed by atoms with van der Waals surface area (Å²) < 4.78 is 2.12. The summed E-state index contributed by atoms with van der Waals surface area (Å²) in [6.45, 7) is 10.2. The average molecular weight is 376 g/mol. The molecule has 0 unspecified atom stereocenters. The number of carbonyl (C=O) groups excluding carboxylic acids is 1. The summed E-state index contributed by atoms with van der Waals surface area (Å²) in [5.74, 6) is 0.146. The van der Waals surface area contributed by atoms with Crippen LogP contribution in [-0.4, -0.2) is 58.2 Å². The van der Waals surface area contributed by atoms with Crippen molar-refractivity contribution in [2.75, 3.05) is 32.7 Å². The van der Waals surface area contributed by atoms with Crippen LogP contribution in [0.4, 0.5) is 0 Å². The van der Waals surface area contributed by atoms with Crippen LogP contribution in [0.5, 0.6) is 0 Å². The number of hydrogen-bond acceptors (Lipinski definition) is 4. The molecular formula is C21H37N5O. The summed E-state index contributed by atoms with van der Waals surface area (Å²) in [4.78, 5) is 17.2. The fraction of sp³-hybridized carbons (Fsp3) is 0.810. The Hall–Kier alpha value is -1.40. The van der Waals surface area contributed by atoms with Crippen LogP contribution >= 0.6 is 0 Å². The molecule has 3 rings (SSSR count). The maximum atomic E-state index is 12.2. The molecule has 0 spiro atoms. The normalized spacial score (nSPS) is 19.3. The third kappa shape index (κ3) is 6.61. The number of amides is 1. The number of nitrogens with one attached hydrogen (secondary N) is 1. The SMILES string of the molecule is CCCCN1CCn2nc(CNC(=O)CCN3CCCCCCC3)cc2C1. The van der Waals surface area contributed by atoms with Gasteiger partial charge in [-0.05, 0) is 45.0 Å². The van der Waals surface area contributed by atoms with Gasteiger partial charge < -0.3 is 10.2 Å². The summed E-state index contributed by atoms with van der Waals surface area (Å²) in [6, 6.07) is 2.16. The predicted molar refractivity (Wildman–Crippen MR) is 108 cm³/mol. The van der Waals surface area contributed by atoms with Gasteiger partial charge in [-0.1, -0.05) is 32.6 Å². The zero-order valence-corrected chi connectivity index (χ0v) is 17.1. The molecule has 0 bridgehead atoms. The monoisotopic (exact) mass is 375 g/mol. The Kier molecular flexibility index (Phi) is 8.14. The summed E-state index contributed by atoms with van der Waals surface area (Å²) >= 11 is 0. The second kappa shape index (κ2) is 10.8. The van der Waals surface area contributed by atoms with Crippen molar-refractivity contribution in [1.82, 2.24) is 24.9 Å². The van der Waals surface area contributed by atoms with Gasteiger partial charge in [0.15, 0.2) is 0 Å². The van der Waals surface area contributed by atoms with Crippen LogP contribution in [0.15, 0.2) is 6.07 Å². The fourth-order valence-corrected chi connectivity index (χ4v) is 4.11. The molecule has 2 aliphatic heterocycles. The maximum Gasteiger partial charge on any atom is 0.221 e. The first-order chi connectivity index (χ1) is 13.2. The molecule has 0 saturated carbocycles. The van der Waals surface area contributed by atoms with E-state index in [1.54, 1.807) is 0 Å². The number of rotatable bonds is 8. The molecule has 6 heteroatoms. The zero-order valence-electron chi connectivity index (χ0n) is 17.1. The summed E-state index contributed by atoms with van der Waals surface area (Å²) in [6.07, 6.45) is 9.69. The van der Waals surface area contributed by atoms with Gasteiger partial charge in [-0.25, -0.2) is 0 Å². The number of nitrogens with zero attached hydrogens (tertiary/aromatic N) is 4. The van der Waals surface area contributed by atoms with Crippen LogP contribution < -0.4 is 5.32 Å². The highest BCUT2D eigenvalue weighted by molar-refractivity contribution is 5.76. The lowest BCUT2D eigenvalue weighted by molar-refractivity contribution is -0.121. The molecular weight excluding hydrogens is 338 g/mol. The predicted octanol–water partition coefficient (Wildman–Crippen LogP) is 2.77. The number of aromatic nitrogens is 2. The highest BCUT2D eigenvalue weighted by Crippen LogP contribution is 2.14. The molecule has 2 aliphatic rings. The highest BCUT2D eigenvalue weighted by atomic mass is 16.1. The summed E-state index contributed by atoms with van der Waals surface area (Å²) in [7, 11) is 0. The molecule has 27 heavy (non-hydrogen) atoms. The van der Waals surface area contributed by atoms with E-state index in [-0.39, 0.29) is 5.91 Å². The smallest absolute Gasteiger partial charge is 0.221 e. The van der Waals surface area contributed by atoms with E-state index in [9.17, 15) is 4.79 Å². The third-order valence-electron chi connectivity index (χ3n) is 5.83. The summed E-state index contributed by atoms with van der Waals surface area (Å²) in [5, 5.41) is 7.74. The number of fused-ring (bicyclic) bond motifs is 1. The van der Waals surface area contributed by atoms with Gasteiger partial charge in [0.05, 0.1) is 24.5 Å². The lowest BCUT2D eigenvalue weighted by Gasteiger charge is -2.27. The van der Waals surface area contributed by atoms with Crippen molar-refractivity contribution in [3.05, 3.63) is 17.5 Å². The minimum Gasteiger partial charge on any atom is -0.350 e. The van der Waals surface area contributed by atoms with E-state index in [0.29, 0.717) is 13.0 Å². The van der Waals surface area contributed by atoms with Crippen LogP contribution in [0.2, 0.25) is 0 Å². The molecule has 152 valence electrons. The van der Waals surface area contributed by atoms with Crippen LogP contribution in [0, 0.1) is 0 Å². The zero-order chi connectivity index (χ0) is 18.9. The number of carbonyl (C=O) groups is 1. The average Bonchev–Trinajstić information content (AvgIpc) is 3.06. The molecule has 3 heterocycles. The van der Waals surface area contributed by atoms with Gasteiger partial charge in [0.1, 0.15) is 0 Å². The molecule has 1 amide bonds. The second-order valence-electron chi connectivity index (χ2n) is 8.12. The quantitative estimate of drug-likeness (QED) is 0.759. The van der Waals surface area contributed by atoms with Crippen LogP contribution in [0.1, 0.15) is 69.7 Å². The van der Waals surface area contributed by atoms with Crippen LogP contribution in [-0.2, 0) is 24.4 Å². The molecule has 1 N–H and O–H groups in total. The minimum atomic E-state index is 0.146. The molecule has 0 radical (unpaired) electrons. The Morgan fingerprint density at radius 3 is 2.59 bits per heavy atom. The van der Waals surface area contributed by atoms with E-state index in [4.69, 9.17) is 0 Å². The van der Waals surface area contributed by atoms with E-state index in [1.807, 2.05) is 0 Å². The first-order valence-electron chi connectivity index (χ1n) is 11.0. The lowest BCUT2D eigenvalue weighted by atomic mass is 10.1. The van der Waals surface area contributed by atoms with Crippen molar-refractivity contribution in [3.63, 3.8) is 0 Å². The molecule has 1 saturated heterocycles. The van der Waals surface area contributed by atoms with E-state index in [0.717, 1.165) is 45.0 Å². The van der Waals surface area contributed by atoms with Gasteiger partial charge in [0, 0.05) is 26.1 Å². The molecule has 1 fully saturated rings. The first-order valence-corrected chi connectivity index (χ1v) is 11.0. The topological polar surface area (TPSA) is 53.4 Å². The Bertz CT molecular complexity index is 577. The third-order valence-corrected chi connectivity index (χ3v) is 5.83. The number of likely N-dealkylation sites (tertiary alicyclic amines) is 1. The van der Waals surface area contributed by atoms with Gasteiger partial charge in [-0.3, -0.25) is 14.4 Å². The van der Waals surface area contributed by atoms with Crippen LogP contribution in [0.3, 0.4) is 0 Å². The van der Waals surface area contributed by atoms with Gasteiger partial charge in [0.2, 0.25) is 5.91 Å². The Balaban J connectivity index is 1.38. The maximum absolute atomic E-state index is 12.2. The standard InChI is InChI=1S/C21H37N5O/c1-2-3-10-25-14-15-26-20(18-25)16-19(23-26)17-22-21(27)9-13-24-11-7-5-4-6-8-12-24/h16H,2-15,17-18H2,1H3,(H,22,27). The van der Waals surface area contributed by atoms with E-state index < -0.39 is 0 Å². The van der Waals surface area contributed by atoms with Crippen molar-refractivity contribution in [2.45, 2.75) is 77.9 Å². The van der Waals surface area contributed by atoms with Crippen molar-refractivity contribution >= 4 is 5.91 Å². The van der Waals surface area contributed by atoms with Crippen LogP contribution in [0.25, 0.3) is 0 Å². The number of hydrogen-bond donors (Lipinski definition) is 1. The summed E-state index contributed by atoms with van der Waals surface area (Å²) in [5.41, 5.74) is 2.27. The van der Waals surface area contributed by atoms with Crippen molar-refractivity contribution in [2.24, 2.45) is 0 Å². The molecule has 0 atom stereocenters. The van der Waals surface area contributed by atoms with Crippen molar-refractivity contribution in [1.29, 1.82) is 0 Å². The van der Waals surface area contributed by atoms with Gasteiger partial charge in [-0.2, -0.15) is 5.10 Å². The largest absolute Gasteiger partial charge is 0.350 e. The Morgan fingerprint density at radius 1 is 1.04 bits per heavy atom. The molecule has 0 aromatic carbocycles. The molecule has 1 aromatic rings. The Morgan fingerprint density at radius 2 is 1.81 bits per heavy atom.